The van der Waals surface area contributed by atoms with Crippen molar-refractivity contribution in [2.75, 3.05) is 20.3 Å². The van der Waals surface area contributed by atoms with E-state index in [9.17, 15) is 30.3 Å². The summed E-state index contributed by atoms with van der Waals surface area (Å²) < 4.78 is 20.3. The van der Waals surface area contributed by atoms with Crippen molar-refractivity contribution in [1.29, 1.82) is 0 Å². The zero-order chi connectivity index (χ0) is 18.0. The molecule has 0 amide bonds. The van der Waals surface area contributed by atoms with Crippen molar-refractivity contribution in [3.05, 3.63) is 0 Å². The van der Waals surface area contributed by atoms with Crippen LogP contribution in [0.15, 0.2) is 0 Å². The fourth-order valence-electron chi connectivity index (χ4n) is 2.64. The first-order valence-electron chi connectivity index (χ1n) is 7.40. The van der Waals surface area contributed by atoms with E-state index in [1.54, 1.807) is 0 Å². The van der Waals surface area contributed by atoms with Crippen molar-refractivity contribution in [1.82, 2.24) is 0 Å². The third kappa shape index (κ3) is 3.69. The minimum absolute atomic E-state index is 0.00748. The van der Waals surface area contributed by atoms with Gasteiger partial charge in [-0.25, -0.2) is 4.79 Å². The molecule has 0 aromatic rings. The first-order chi connectivity index (χ1) is 11.3. The van der Waals surface area contributed by atoms with Crippen LogP contribution in [0.4, 0.5) is 0 Å². The number of ether oxygens (including phenoxy) is 4. The van der Waals surface area contributed by atoms with Gasteiger partial charge in [0.25, 0.3) is 0 Å². The van der Waals surface area contributed by atoms with E-state index < -0.39 is 67.6 Å². The lowest BCUT2D eigenvalue weighted by Crippen LogP contribution is -2.64. The quantitative estimate of drug-likeness (QED) is 0.268. The molecule has 11 heteroatoms. The predicted molar refractivity (Wildman–Crippen MR) is 74.4 cm³/mol. The molecule has 0 aliphatic carbocycles. The Bertz CT molecular complexity index is 435. The molecule has 2 aliphatic heterocycles. The highest BCUT2D eigenvalue weighted by atomic mass is 16.7. The zero-order valence-electron chi connectivity index (χ0n) is 13.0. The van der Waals surface area contributed by atoms with Crippen LogP contribution in [0.5, 0.6) is 0 Å². The molecule has 2 heterocycles. The monoisotopic (exact) mass is 353 g/mol. The highest BCUT2D eigenvalue weighted by Crippen LogP contribution is 2.27. The van der Waals surface area contributed by atoms with Crippen LogP contribution < -0.4 is 5.73 Å². The summed E-state index contributed by atoms with van der Waals surface area (Å²) in [4.78, 5) is 11.6. The highest BCUT2D eigenvalue weighted by molar-refractivity contribution is 5.75. The molecule has 0 bridgehead atoms. The second-order valence-electron chi connectivity index (χ2n) is 5.73. The summed E-state index contributed by atoms with van der Waals surface area (Å²) >= 11 is 0. The standard InChI is InChI=1S/C13H23NO10/c1-21-12(20)11-8(18)7(17)9(19)13(24-11)23-10-5(2-15)22-3-4(14)6(10)16/h4-11,13,15-19H,2-3,14H2,1H3. The van der Waals surface area contributed by atoms with Crippen LogP contribution in [0, 0.1) is 0 Å². The molecule has 11 nitrogen and oxygen atoms in total. The number of methoxy groups -OCH3 is 1. The third-order valence-corrected chi connectivity index (χ3v) is 4.12. The third-order valence-electron chi connectivity index (χ3n) is 4.12. The Labute approximate surface area is 137 Å². The lowest BCUT2D eigenvalue weighted by Gasteiger charge is -2.44. The predicted octanol–water partition coefficient (Wildman–Crippen LogP) is -4.57. The summed E-state index contributed by atoms with van der Waals surface area (Å²) in [6.45, 7) is -0.505. The highest BCUT2D eigenvalue weighted by Gasteiger charge is 2.50. The molecule has 2 aliphatic rings. The Hall–Kier alpha value is -0.890. The zero-order valence-corrected chi connectivity index (χ0v) is 13.0. The Morgan fingerprint density at radius 1 is 1.17 bits per heavy atom. The minimum atomic E-state index is -1.75. The number of aliphatic hydroxyl groups is 5. The molecule has 9 unspecified atom stereocenters. The lowest BCUT2D eigenvalue weighted by molar-refractivity contribution is -0.326. The molecule has 7 N–H and O–H groups in total. The number of nitrogens with two attached hydrogens (primary N) is 1. The van der Waals surface area contributed by atoms with Crippen LogP contribution in [0.3, 0.4) is 0 Å². The van der Waals surface area contributed by atoms with Gasteiger partial charge in [-0.2, -0.15) is 0 Å². The molecule has 0 spiro atoms. The molecule has 0 radical (unpaired) electrons. The van der Waals surface area contributed by atoms with Crippen LogP contribution >= 0.6 is 0 Å². The Morgan fingerprint density at radius 2 is 1.83 bits per heavy atom. The van der Waals surface area contributed by atoms with Crippen LogP contribution in [0.1, 0.15) is 0 Å². The molecule has 0 aromatic heterocycles. The largest absolute Gasteiger partial charge is 0.467 e. The van der Waals surface area contributed by atoms with Crippen LogP contribution in [0.2, 0.25) is 0 Å². The van der Waals surface area contributed by atoms with Crippen molar-refractivity contribution < 1.29 is 49.3 Å². The number of esters is 1. The van der Waals surface area contributed by atoms with Gasteiger partial charge in [0.2, 0.25) is 0 Å². The number of rotatable bonds is 4. The SMILES string of the molecule is COC(=O)C1OC(OC2C(CO)OCC(N)C2O)C(O)C(O)C1O. The van der Waals surface area contributed by atoms with Crippen molar-refractivity contribution in [3.8, 4) is 0 Å². The average molecular weight is 353 g/mol. The molecule has 140 valence electrons. The Kier molecular flexibility index (Phi) is 6.47. The first kappa shape index (κ1) is 19.4. The van der Waals surface area contributed by atoms with Gasteiger partial charge in [-0.3, -0.25) is 0 Å². The summed E-state index contributed by atoms with van der Waals surface area (Å²) in [5, 5.41) is 49.1. The van der Waals surface area contributed by atoms with Gasteiger partial charge >= 0.3 is 5.97 Å². The Morgan fingerprint density at radius 3 is 2.42 bits per heavy atom. The number of hydrogen-bond acceptors (Lipinski definition) is 11. The van der Waals surface area contributed by atoms with E-state index in [0.29, 0.717) is 0 Å². The Balaban J connectivity index is 2.15. The summed E-state index contributed by atoms with van der Waals surface area (Å²) in [5.74, 6) is -0.974. The van der Waals surface area contributed by atoms with E-state index in [2.05, 4.69) is 4.74 Å². The maximum atomic E-state index is 11.6. The maximum Gasteiger partial charge on any atom is 0.337 e. The number of carbonyl (C=O) groups excluding carboxylic acids is 1. The van der Waals surface area contributed by atoms with Gasteiger partial charge in [0.05, 0.1) is 26.4 Å². The summed E-state index contributed by atoms with van der Waals surface area (Å²) in [5.41, 5.74) is 5.67. The first-order valence-corrected chi connectivity index (χ1v) is 7.40. The molecule has 2 saturated heterocycles. The second-order valence-corrected chi connectivity index (χ2v) is 5.73. The normalized spacial score (nSPS) is 46.5. The van der Waals surface area contributed by atoms with Gasteiger partial charge < -0.3 is 50.2 Å². The van der Waals surface area contributed by atoms with E-state index >= 15 is 0 Å². The van der Waals surface area contributed by atoms with Gasteiger partial charge in [0.15, 0.2) is 12.4 Å². The van der Waals surface area contributed by atoms with E-state index in [-0.39, 0.29) is 6.61 Å². The van der Waals surface area contributed by atoms with Crippen molar-refractivity contribution in [3.63, 3.8) is 0 Å². The number of aliphatic hydroxyl groups excluding tert-OH is 5. The maximum absolute atomic E-state index is 11.6. The number of hydrogen-bond donors (Lipinski definition) is 6. The molecule has 2 rings (SSSR count). The average Bonchev–Trinajstić information content (AvgIpc) is 2.58. The van der Waals surface area contributed by atoms with Crippen molar-refractivity contribution >= 4 is 5.97 Å². The van der Waals surface area contributed by atoms with Gasteiger partial charge in [-0.05, 0) is 0 Å². The van der Waals surface area contributed by atoms with Crippen LogP contribution in [-0.4, -0.2) is 107 Å². The molecule has 0 aromatic carbocycles. The fraction of sp³-hybridized carbons (Fsp3) is 0.923. The lowest BCUT2D eigenvalue weighted by atomic mass is 9.97. The molecule has 9 atom stereocenters. The molecule has 24 heavy (non-hydrogen) atoms. The van der Waals surface area contributed by atoms with E-state index in [4.69, 9.17) is 19.9 Å². The van der Waals surface area contributed by atoms with Crippen LogP contribution in [-0.2, 0) is 23.7 Å². The molecular weight excluding hydrogens is 330 g/mol. The van der Waals surface area contributed by atoms with E-state index in [1.165, 1.54) is 0 Å². The van der Waals surface area contributed by atoms with E-state index in [0.717, 1.165) is 7.11 Å². The van der Waals surface area contributed by atoms with Gasteiger partial charge in [-0.15, -0.1) is 0 Å². The minimum Gasteiger partial charge on any atom is -0.467 e. The van der Waals surface area contributed by atoms with Gasteiger partial charge in [-0.1, -0.05) is 0 Å². The van der Waals surface area contributed by atoms with Crippen molar-refractivity contribution in [2.24, 2.45) is 5.73 Å². The van der Waals surface area contributed by atoms with Gasteiger partial charge in [0, 0.05) is 0 Å². The topological polar surface area (TPSA) is 181 Å². The second kappa shape index (κ2) is 7.99. The smallest absolute Gasteiger partial charge is 0.337 e. The molecule has 2 fully saturated rings. The van der Waals surface area contributed by atoms with Crippen LogP contribution in [0.25, 0.3) is 0 Å². The number of carbonyl (C=O) groups is 1. The molecular formula is C13H23NO10. The molecule has 0 saturated carbocycles. The fourth-order valence-corrected chi connectivity index (χ4v) is 2.64. The summed E-state index contributed by atoms with van der Waals surface area (Å²) in [7, 11) is 1.06. The van der Waals surface area contributed by atoms with E-state index in [1.807, 2.05) is 0 Å². The summed E-state index contributed by atoms with van der Waals surface area (Å²) in [6, 6.07) is -0.801. The van der Waals surface area contributed by atoms with Gasteiger partial charge in [0.1, 0.15) is 36.6 Å². The summed E-state index contributed by atoms with van der Waals surface area (Å²) in [6.07, 6.45) is -11.8. The van der Waals surface area contributed by atoms with Crippen molar-refractivity contribution in [2.45, 2.75) is 55.1 Å².